The molecule has 0 aliphatic carbocycles. The first-order valence-electron chi connectivity index (χ1n) is 6.71. The number of nitrogens with zero attached hydrogens (tertiary/aromatic N) is 1. The first-order valence-corrected chi connectivity index (χ1v) is 7.93. The minimum absolute atomic E-state index is 0.0936. The van der Waals surface area contributed by atoms with E-state index in [2.05, 4.69) is 0 Å². The van der Waals surface area contributed by atoms with Crippen LogP contribution in [-0.4, -0.2) is 39.4 Å². The van der Waals surface area contributed by atoms with Crippen LogP contribution < -0.4 is 4.74 Å². The van der Waals surface area contributed by atoms with Crippen molar-refractivity contribution < 1.29 is 19.4 Å². The third-order valence-electron chi connectivity index (χ3n) is 2.89. The van der Waals surface area contributed by atoms with E-state index >= 15 is 0 Å². The summed E-state index contributed by atoms with van der Waals surface area (Å²) in [5, 5.41) is 8.71. The number of amides is 1. The van der Waals surface area contributed by atoms with Crippen LogP contribution in [0.1, 0.15) is 18.9 Å². The van der Waals surface area contributed by atoms with Gasteiger partial charge in [0, 0.05) is 6.54 Å². The minimum atomic E-state index is -0.956. The number of rotatable bonds is 6. The van der Waals surface area contributed by atoms with E-state index in [0.717, 1.165) is 11.3 Å². The molecule has 1 aliphatic rings. The number of carbonyl (C=O) groups is 2. The van der Waals surface area contributed by atoms with E-state index in [0.29, 0.717) is 15.8 Å². The number of carboxylic acid groups (broad SMARTS) is 1. The van der Waals surface area contributed by atoms with Gasteiger partial charge in [-0.05, 0) is 30.7 Å². The van der Waals surface area contributed by atoms with Crippen LogP contribution >= 0.6 is 24.0 Å². The molecule has 2 rings (SSSR count). The maximum Gasteiger partial charge on any atom is 0.305 e. The normalized spacial score (nSPS) is 16.4. The van der Waals surface area contributed by atoms with E-state index in [4.69, 9.17) is 22.1 Å². The third-order valence-corrected chi connectivity index (χ3v) is 4.27. The molecule has 0 atom stereocenters. The molecule has 0 aromatic heterocycles. The summed E-state index contributed by atoms with van der Waals surface area (Å²) in [5.41, 5.74) is 0.838. The second kappa shape index (κ2) is 7.42. The van der Waals surface area contributed by atoms with Gasteiger partial charge in [0.05, 0.1) is 17.9 Å². The Hall–Kier alpha value is -1.86. The molecule has 1 aromatic carbocycles. The van der Waals surface area contributed by atoms with Crippen LogP contribution in [-0.2, 0) is 9.59 Å². The predicted octanol–water partition coefficient (Wildman–Crippen LogP) is 2.76. The van der Waals surface area contributed by atoms with Crippen molar-refractivity contribution >= 4 is 46.3 Å². The van der Waals surface area contributed by atoms with Gasteiger partial charge in [-0.3, -0.25) is 14.5 Å². The highest BCUT2D eigenvalue weighted by atomic mass is 32.2. The molecule has 1 amide bonds. The summed E-state index contributed by atoms with van der Waals surface area (Å²) >= 11 is 6.32. The first-order chi connectivity index (χ1) is 10.5. The largest absolute Gasteiger partial charge is 0.494 e. The number of carboxylic acids is 1. The standard InChI is InChI=1S/C15H15NO4S2/c1-2-20-11-5-3-4-10(8-11)9-12-14(19)16(15(21)22-12)7-6-13(17)18/h3-5,8-9H,2,6-7H2,1H3,(H,17,18)/b12-9+. The fourth-order valence-corrected chi connectivity index (χ4v) is 3.22. The van der Waals surface area contributed by atoms with Gasteiger partial charge in [-0.25, -0.2) is 0 Å². The van der Waals surface area contributed by atoms with Crippen LogP contribution in [0.5, 0.6) is 5.75 Å². The Balaban J connectivity index is 2.15. The van der Waals surface area contributed by atoms with Gasteiger partial charge in [-0.1, -0.05) is 36.1 Å². The molecule has 1 heterocycles. The van der Waals surface area contributed by atoms with Crippen molar-refractivity contribution in [2.24, 2.45) is 0 Å². The molecule has 5 nitrogen and oxygen atoms in total. The van der Waals surface area contributed by atoms with E-state index in [1.54, 1.807) is 6.08 Å². The molecule has 0 unspecified atom stereocenters. The summed E-state index contributed by atoms with van der Waals surface area (Å²) in [6, 6.07) is 7.40. The number of carbonyl (C=O) groups excluding carboxylic acids is 1. The number of aliphatic carboxylic acids is 1. The van der Waals surface area contributed by atoms with Crippen molar-refractivity contribution in [1.29, 1.82) is 0 Å². The molecule has 116 valence electrons. The molecule has 1 fully saturated rings. The summed E-state index contributed by atoms with van der Waals surface area (Å²) in [6.45, 7) is 2.57. The Morgan fingerprint density at radius 3 is 2.95 bits per heavy atom. The molecule has 1 aromatic rings. The van der Waals surface area contributed by atoms with Crippen molar-refractivity contribution in [3.05, 3.63) is 34.7 Å². The average molecular weight is 337 g/mol. The Morgan fingerprint density at radius 2 is 2.27 bits per heavy atom. The molecule has 0 bridgehead atoms. The zero-order valence-corrected chi connectivity index (χ0v) is 13.6. The van der Waals surface area contributed by atoms with Gasteiger partial charge in [0.15, 0.2) is 0 Å². The minimum Gasteiger partial charge on any atom is -0.494 e. The van der Waals surface area contributed by atoms with Crippen LogP contribution in [0.15, 0.2) is 29.2 Å². The summed E-state index contributed by atoms with van der Waals surface area (Å²) < 4.78 is 5.81. The van der Waals surface area contributed by atoms with Crippen LogP contribution in [0.2, 0.25) is 0 Å². The van der Waals surface area contributed by atoms with Crippen LogP contribution in [0, 0.1) is 0 Å². The second-order valence-electron chi connectivity index (χ2n) is 4.48. The van der Waals surface area contributed by atoms with E-state index in [1.807, 2.05) is 31.2 Å². The van der Waals surface area contributed by atoms with Crippen molar-refractivity contribution in [1.82, 2.24) is 4.90 Å². The molecule has 0 spiro atoms. The Morgan fingerprint density at radius 1 is 1.50 bits per heavy atom. The Kier molecular flexibility index (Phi) is 5.57. The summed E-state index contributed by atoms with van der Waals surface area (Å²) in [5.74, 6) is -0.474. The Labute approximate surface area is 137 Å². The summed E-state index contributed by atoms with van der Waals surface area (Å²) in [4.78, 5) is 24.7. The number of thiocarbonyl (C=S) groups is 1. The molecule has 1 aliphatic heterocycles. The monoisotopic (exact) mass is 337 g/mol. The molecule has 1 saturated heterocycles. The van der Waals surface area contributed by atoms with Crippen molar-refractivity contribution in [3.63, 3.8) is 0 Å². The van der Waals surface area contributed by atoms with E-state index in [1.165, 1.54) is 16.7 Å². The SMILES string of the molecule is CCOc1cccc(/C=C2/SC(=S)N(CCC(=O)O)C2=O)c1. The van der Waals surface area contributed by atoms with Gasteiger partial charge in [0.1, 0.15) is 10.1 Å². The molecule has 7 heteroatoms. The van der Waals surface area contributed by atoms with Crippen molar-refractivity contribution in [2.75, 3.05) is 13.2 Å². The molecule has 0 saturated carbocycles. The number of thioether (sulfide) groups is 1. The number of benzene rings is 1. The molecular weight excluding hydrogens is 322 g/mol. The van der Waals surface area contributed by atoms with Crippen LogP contribution in [0.3, 0.4) is 0 Å². The van der Waals surface area contributed by atoms with Gasteiger partial charge in [0.25, 0.3) is 5.91 Å². The second-order valence-corrected chi connectivity index (χ2v) is 6.16. The first kappa shape index (κ1) is 16.5. The number of hydrogen-bond acceptors (Lipinski definition) is 5. The summed E-state index contributed by atoms with van der Waals surface area (Å²) in [6.07, 6.45) is 1.61. The summed E-state index contributed by atoms with van der Waals surface area (Å²) in [7, 11) is 0. The number of ether oxygens (including phenoxy) is 1. The number of hydrogen-bond donors (Lipinski definition) is 1. The smallest absolute Gasteiger partial charge is 0.305 e. The lowest BCUT2D eigenvalue weighted by atomic mass is 10.2. The van der Waals surface area contributed by atoms with Crippen molar-refractivity contribution in [3.8, 4) is 5.75 Å². The molecule has 1 N–H and O–H groups in total. The van der Waals surface area contributed by atoms with Gasteiger partial charge < -0.3 is 9.84 Å². The Bertz CT molecular complexity index is 642. The van der Waals surface area contributed by atoms with Gasteiger partial charge in [-0.15, -0.1) is 0 Å². The maximum absolute atomic E-state index is 12.3. The maximum atomic E-state index is 12.3. The van der Waals surface area contributed by atoms with E-state index in [-0.39, 0.29) is 18.9 Å². The lowest BCUT2D eigenvalue weighted by molar-refractivity contribution is -0.137. The lowest BCUT2D eigenvalue weighted by Gasteiger charge is -2.12. The third kappa shape index (κ3) is 4.08. The highest BCUT2D eigenvalue weighted by Crippen LogP contribution is 2.33. The van der Waals surface area contributed by atoms with Crippen molar-refractivity contribution in [2.45, 2.75) is 13.3 Å². The lowest BCUT2D eigenvalue weighted by Crippen LogP contribution is -2.30. The zero-order valence-electron chi connectivity index (χ0n) is 11.9. The molecule has 0 radical (unpaired) electrons. The topological polar surface area (TPSA) is 66.8 Å². The van der Waals surface area contributed by atoms with Gasteiger partial charge in [-0.2, -0.15) is 0 Å². The van der Waals surface area contributed by atoms with Crippen LogP contribution in [0.25, 0.3) is 6.08 Å². The predicted molar refractivity (Wildman–Crippen MR) is 89.7 cm³/mol. The zero-order chi connectivity index (χ0) is 16.1. The quantitative estimate of drug-likeness (QED) is 0.636. The highest BCUT2D eigenvalue weighted by molar-refractivity contribution is 8.26. The van der Waals surface area contributed by atoms with Gasteiger partial charge in [0.2, 0.25) is 0 Å². The average Bonchev–Trinajstić information content (AvgIpc) is 2.72. The molecular formula is C15H15NO4S2. The highest BCUT2D eigenvalue weighted by Gasteiger charge is 2.31. The fraction of sp³-hybridized carbons (Fsp3) is 0.267. The van der Waals surface area contributed by atoms with E-state index in [9.17, 15) is 9.59 Å². The van der Waals surface area contributed by atoms with Crippen LogP contribution in [0.4, 0.5) is 0 Å². The fourth-order valence-electron chi connectivity index (χ4n) is 1.91. The van der Waals surface area contributed by atoms with E-state index < -0.39 is 5.97 Å². The molecule has 22 heavy (non-hydrogen) atoms. The van der Waals surface area contributed by atoms with Gasteiger partial charge >= 0.3 is 5.97 Å².